The predicted molar refractivity (Wildman–Crippen MR) is 105 cm³/mol. The number of hydrogen-bond donors (Lipinski definition) is 3. The molecule has 1 saturated carbocycles. The monoisotopic (exact) mass is 379 g/mol. The Morgan fingerprint density at radius 3 is 2.86 bits per heavy atom. The average molecular weight is 379 g/mol. The summed E-state index contributed by atoms with van der Waals surface area (Å²) >= 11 is 0. The number of nitrogens with one attached hydrogen (secondary N) is 3. The zero-order valence-electron chi connectivity index (χ0n) is 15.3. The summed E-state index contributed by atoms with van der Waals surface area (Å²) in [6.07, 6.45) is 7.27. The maximum atomic E-state index is 12.7. The molecule has 144 valence electrons. The zero-order valence-corrected chi connectivity index (χ0v) is 15.3. The molecule has 0 saturated heterocycles. The van der Waals surface area contributed by atoms with Crippen molar-refractivity contribution in [3.05, 3.63) is 58.8 Å². The van der Waals surface area contributed by atoms with Gasteiger partial charge < -0.3 is 20.2 Å². The first-order chi connectivity index (χ1) is 13.6. The Morgan fingerprint density at radius 1 is 1.21 bits per heavy atom. The van der Waals surface area contributed by atoms with E-state index in [-0.39, 0.29) is 24.1 Å². The Morgan fingerprint density at radius 2 is 2.04 bits per heavy atom. The average Bonchev–Trinajstić information content (AvgIpc) is 3.34. The summed E-state index contributed by atoms with van der Waals surface area (Å²) in [4.78, 5) is 44.5. The molecule has 1 fully saturated rings. The first kappa shape index (κ1) is 18.0. The molecule has 0 unspecified atom stereocenters. The van der Waals surface area contributed by atoms with E-state index in [0.717, 1.165) is 36.7 Å². The molecule has 3 N–H and O–H groups in total. The number of hydrogen-bond acceptors (Lipinski definition) is 4. The Balaban J connectivity index is 1.48. The quantitative estimate of drug-likeness (QED) is 0.630. The maximum Gasteiger partial charge on any atom is 0.263 e. The topological polar surface area (TPSA) is 109 Å². The summed E-state index contributed by atoms with van der Waals surface area (Å²) in [6, 6.07) is 8.48. The summed E-state index contributed by atoms with van der Waals surface area (Å²) in [5, 5.41) is 5.67. The lowest BCUT2D eigenvalue weighted by atomic mass is 10.2. The molecule has 1 aliphatic carbocycles. The number of imidazole rings is 1. The van der Waals surface area contributed by atoms with Crippen LogP contribution in [0.15, 0.2) is 47.7 Å². The van der Waals surface area contributed by atoms with Crippen molar-refractivity contribution in [2.75, 3.05) is 5.32 Å². The van der Waals surface area contributed by atoms with Crippen molar-refractivity contribution in [2.45, 2.75) is 38.3 Å². The second kappa shape index (κ2) is 7.67. The molecule has 1 aliphatic rings. The summed E-state index contributed by atoms with van der Waals surface area (Å²) in [6.45, 7) is -0.101. The van der Waals surface area contributed by atoms with E-state index in [9.17, 15) is 14.4 Å². The van der Waals surface area contributed by atoms with Crippen molar-refractivity contribution >= 4 is 28.5 Å². The van der Waals surface area contributed by atoms with Crippen LogP contribution < -0.4 is 16.2 Å². The van der Waals surface area contributed by atoms with Gasteiger partial charge in [-0.25, -0.2) is 4.98 Å². The first-order valence-electron chi connectivity index (χ1n) is 9.33. The molecule has 2 amide bonds. The minimum Gasteiger partial charge on any atom is -0.352 e. The molecule has 2 aromatic heterocycles. The first-order valence-corrected chi connectivity index (χ1v) is 9.33. The second-order valence-electron chi connectivity index (χ2n) is 6.99. The predicted octanol–water partition coefficient (Wildman–Crippen LogP) is 2.04. The number of anilines is 1. The fourth-order valence-corrected chi connectivity index (χ4v) is 3.54. The number of benzene rings is 1. The third-order valence-electron chi connectivity index (χ3n) is 4.98. The Labute approximate surface area is 161 Å². The van der Waals surface area contributed by atoms with Crippen LogP contribution in [0.25, 0.3) is 11.0 Å². The number of fused-ring (bicyclic) bond motifs is 1. The van der Waals surface area contributed by atoms with Gasteiger partial charge in [-0.3, -0.25) is 14.4 Å². The number of carbonyl (C=O) groups excluding carboxylic acids is 2. The van der Waals surface area contributed by atoms with E-state index in [1.807, 2.05) is 0 Å². The smallest absolute Gasteiger partial charge is 0.263 e. The number of nitrogens with zero attached hydrogens (tertiary/aromatic N) is 2. The van der Waals surface area contributed by atoms with Crippen LogP contribution in [0.2, 0.25) is 0 Å². The maximum absolute atomic E-state index is 12.7. The number of H-pyrrole nitrogens is 1. The van der Waals surface area contributed by atoms with E-state index >= 15 is 0 Å². The van der Waals surface area contributed by atoms with Gasteiger partial charge in [-0.15, -0.1) is 0 Å². The van der Waals surface area contributed by atoms with Crippen molar-refractivity contribution in [2.24, 2.45) is 0 Å². The molecule has 0 aliphatic heterocycles. The van der Waals surface area contributed by atoms with Crippen LogP contribution in [-0.4, -0.2) is 32.4 Å². The van der Waals surface area contributed by atoms with E-state index in [1.165, 1.54) is 16.8 Å². The molecule has 0 bridgehead atoms. The number of aromatic amines is 1. The van der Waals surface area contributed by atoms with Gasteiger partial charge in [0.1, 0.15) is 12.1 Å². The van der Waals surface area contributed by atoms with E-state index in [2.05, 4.69) is 20.6 Å². The third kappa shape index (κ3) is 3.80. The Bertz CT molecular complexity index is 1080. The van der Waals surface area contributed by atoms with Gasteiger partial charge in [-0.05, 0) is 43.2 Å². The van der Waals surface area contributed by atoms with Crippen molar-refractivity contribution in [1.82, 2.24) is 19.9 Å². The molecule has 1 aromatic carbocycles. The van der Waals surface area contributed by atoms with Crippen molar-refractivity contribution in [1.29, 1.82) is 0 Å². The van der Waals surface area contributed by atoms with Gasteiger partial charge >= 0.3 is 0 Å². The normalized spacial score (nSPS) is 14.3. The van der Waals surface area contributed by atoms with E-state index in [1.54, 1.807) is 30.6 Å². The van der Waals surface area contributed by atoms with Crippen molar-refractivity contribution < 1.29 is 9.59 Å². The van der Waals surface area contributed by atoms with Crippen LogP contribution in [0.4, 0.5) is 5.69 Å². The van der Waals surface area contributed by atoms with Crippen LogP contribution in [0.3, 0.4) is 0 Å². The van der Waals surface area contributed by atoms with Crippen LogP contribution in [-0.2, 0) is 11.3 Å². The molecule has 0 spiro atoms. The van der Waals surface area contributed by atoms with Crippen LogP contribution in [0.5, 0.6) is 0 Å². The number of carbonyl (C=O) groups is 2. The summed E-state index contributed by atoms with van der Waals surface area (Å²) < 4.78 is 1.26. The number of pyridine rings is 1. The molecular weight excluding hydrogens is 358 g/mol. The van der Waals surface area contributed by atoms with E-state index < -0.39 is 11.5 Å². The lowest BCUT2D eigenvalue weighted by Gasteiger charge is -2.13. The molecule has 8 nitrogen and oxygen atoms in total. The number of aromatic nitrogens is 3. The fraction of sp³-hybridized carbons (Fsp3) is 0.300. The lowest BCUT2D eigenvalue weighted by Crippen LogP contribution is -2.38. The standard InChI is InChI=1S/C20H21N5O3/c26-18(23-13-4-1-2-5-13)11-25-9-3-6-15(20(25)28)19(27)24-14-7-8-16-17(10-14)22-12-21-16/h3,6-10,12-13H,1-2,4-5,11H2,(H,21,22)(H,23,26)(H,24,27). The molecule has 8 heteroatoms. The summed E-state index contributed by atoms with van der Waals surface area (Å²) in [5.41, 5.74) is 1.61. The molecule has 28 heavy (non-hydrogen) atoms. The van der Waals surface area contributed by atoms with Crippen molar-refractivity contribution in [3.63, 3.8) is 0 Å². The highest BCUT2D eigenvalue weighted by Gasteiger charge is 2.18. The van der Waals surface area contributed by atoms with Gasteiger partial charge in [0.25, 0.3) is 11.5 Å². The molecular formula is C20H21N5O3. The van der Waals surface area contributed by atoms with Crippen LogP contribution in [0.1, 0.15) is 36.0 Å². The van der Waals surface area contributed by atoms with Gasteiger partial charge in [0.05, 0.1) is 17.4 Å². The molecule has 0 atom stereocenters. The second-order valence-corrected chi connectivity index (χ2v) is 6.99. The largest absolute Gasteiger partial charge is 0.352 e. The van der Waals surface area contributed by atoms with Gasteiger partial charge in [0, 0.05) is 17.9 Å². The molecule has 4 rings (SSSR count). The summed E-state index contributed by atoms with van der Waals surface area (Å²) in [5.74, 6) is -0.731. The minimum absolute atomic E-state index is 0.0131. The van der Waals surface area contributed by atoms with Crippen LogP contribution >= 0.6 is 0 Å². The fourth-order valence-electron chi connectivity index (χ4n) is 3.54. The highest BCUT2D eigenvalue weighted by Crippen LogP contribution is 2.18. The highest BCUT2D eigenvalue weighted by molar-refractivity contribution is 6.04. The number of rotatable bonds is 5. The molecule has 0 radical (unpaired) electrons. The van der Waals surface area contributed by atoms with Gasteiger partial charge in [-0.1, -0.05) is 12.8 Å². The van der Waals surface area contributed by atoms with Gasteiger partial charge in [0.15, 0.2) is 0 Å². The minimum atomic E-state index is -0.519. The highest BCUT2D eigenvalue weighted by atomic mass is 16.2. The van der Waals surface area contributed by atoms with Gasteiger partial charge in [-0.2, -0.15) is 0 Å². The number of amides is 2. The SMILES string of the molecule is O=C(Cn1cccc(C(=O)Nc2ccc3nc[nH]c3c2)c1=O)NC1CCCC1. The Kier molecular flexibility index (Phi) is 4.92. The Hall–Kier alpha value is -3.42. The molecule has 2 heterocycles. The third-order valence-corrected chi connectivity index (χ3v) is 4.98. The van der Waals surface area contributed by atoms with Gasteiger partial charge in [0.2, 0.25) is 5.91 Å². The molecule has 3 aromatic rings. The van der Waals surface area contributed by atoms with E-state index in [0.29, 0.717) is 5.69 Å². The summed E-state index contributed by atoms with van der Waals surface area (Å²) in [7, 11) is 0. The zero-order chi connectivity index (χ0) is 19.5. The van der Waals surface area contributed by atoms with Crippen molar-refractivity contribution in [3.8, 4) is 0 Å². The lowest BCUT2D eigenvalue weighted by molar-refractivity contribution is -0.122. The van der Waals surface area contributed by atoms with Crippen LogP contribution in [0, 0.1) is 0 Å². The van der Waals surface area contributed by atoms with E-state index in [4.69, 9.17) is 0 Å².